The van der Waals surface area contributed by atoms with Crippen molar-refractivity contribution in [3.8, 4) is 22.3 Å². The molecule has 4 aliphatic rings. The van der Waals surface area contributed by atoms with E-state index < -0.39 is 41.3 Å². The number of rotatable bonds is 12. The third-order valence-corrected chi connectivity index (χ3v) is 14.2. The molecule has 0 aliphatic carbocycles. The van der Waals surface area contributed by atoms with E-state index in [0.29, 0.717) is 63.7 Å². The van der Waals surface area contributed by atoms with E-state index in [0.717, 1.165) is 82.1 Å². The summed E-state index contributed by atoms with van der Waals surface area (Å²) in [6, 6.07) is 20.1. The van der Waals surface area contributed by atoms with Gasteiger partial charge in [-0.1, -0.05) is 12.1 Å². The van der Waals surface area contributed by atoms with Gasteiger partial charge in [-0.05, 0) is 110 Å². The van der Waals surface area contributed by atoms with Gasteiger partial charge in [0.25, 0.3) is 23.7 Å². The molecule has 10 rings (SSSR count). The van der Waals surface area contributed by atoms with Crippen molar-refractivity contribution in [2.75, 3.05) is 66.6 Å². The normalized spacial score (nSPS) is 20.7. The van der Waals surface area contributed by atoms with Gasteiger partial charge in [0, 0.05) is 97.3 Å². The van der Waals surface area contributed by atoms with Gasteiger partial charge < -0.3 is 39.8 Å². The van der Waals surface area contributed by atoms with E-state index in [2.05, 4.69) is 42.5 Å². The zero-order valence-corrected chi connectivity index (χ0v) is 40.2. The van der Waals surface area contributed by atoms with Crippen molar-refractivity contribution >= 4 is 34.6 Å². The van der Waals surface area contributed by atoms with Crippen LogP contribution >= 0.6 is 0 Å². The first kappa shape index (κ1) is 48.8. The molecule has 4 aliphatic heterocycles. The molecule has 8 heterocycles. The number of anilines is 4. The van der Waals surface area contributed by atoms with Crippen LogP contribution in [-0.2, 0) is 38.9 Å². The van der Waals surface area contributed by atoms with Crippen molar-refractivity contribution < 1.29 is 46.5 Å². The highest BCUT2D eigenvalue weighted by molar-refractivity contribution is 6.05. The van der Waals surface area contributed by atoms with Crippen molar-refractivity contribution in [3.63, 3.8) is 0 Å². The Morgan fingerprint density at radius 1 is 0.708 bits per heavy atom. The van der Waals surface area contributed by atoms with Crippen molar-refractivity contribution in [2.45, 2.75) is 70.8 Å². The molecule has 0 bridgehead atoms. The number of hydrogen-bond donors (Lipinski definition) is 3. The van der Waals surface area contributed by atoms with Gasteiger partial charge in [-0.25, -0.2) is 0 Å². The third kappa shape index (κ3) is 10.0. The summed E-state index contributed by atoms with van der Waals surface area (Å²) in [6.45, 7) is 8.20. The number of benzene rings is 2. The van der Waals surface area contributed by atoms with Gasteiger partial charge in [-0.3, -0.25) is 29.5 Å². The summed E-state index contributed by atoms with van der Waals surface area (Å²) in [5, 5.41) is 16.2. The lowest BCUT2D eigenvalue weighted by Crippen LogP contribution is -2.58. The monoisotopic (exact) mass is 986 g/mol. The molecule has 1 unspecified atom stereocenters. The Labute approximate surface area is 413 Å². The summed E-state index contributed by atoms with van der Waals surface area (Å²) < 4.78 is 75.1. The predicted octanol–water partition coefficient (Wildman–Crippen LogP) is 8.74. The van der Waals surface area contributed by atoms with Gasteiger partial charge in [0.1, 0.15) is 11.4 Å². The summed E-state index contributed by atoms with van der Waals surface area (Å²) in [6.07, 6.45) is 6.65. The van der Waals surface area contributed by atoms with E-state index >= 15 is 0 Å². The second-order valence-electron chi connectivity index (χ2n) is 19.2. The highest BCUT2D eigenvalue weighted by Crippen LogP contribution is 2.41. The Kier molecular flexibility index (Phi) is 13.3. The molecular weight excluding hydrogens is 933 g/mol. The molecule has 6 aromatic rings. The van der Waals surface area contributed by atoms with E-state index in [4.69, 9.17) is 24.2 Å². The first-order valence-corrected chi connectivity index (χ1v) is 24.0. The van der Waals surface area contributed by atoms with Gasteiger partial charge in [0.2, 0.25) is 0 Å². The number of alkyl halides is 4. The summed E-state index contributed by atoms with van der Waals surface area (Å²) in [5.41, 5.74) is 9.12. The van der Waals surface area contributed by atoms with Crippen molar-refractivity contribution in [1.82, 2.24) is 19.9 Å². The van der Waals surface area contributed by atoms with E-state index in [-0.39, 0.29) is 41.7 Å². The smallest absolute Gasteiger partial charge is 0.286 e. The molecule has 72 heavy (non-hydrogen) atoms. The summed E-state index contributed by atoms with van der Waals surface area (Å²) in [5.74, 6) is -7.54. The SMILES string of the molecule is Cc1ccc(NC(=O)c2ccnc(C(C)(F)F)c2)cc1-c1cnc2c(c1)N1CC(OC[C@@H]3Cc4ncc(-c5cc(NC(=O)c6ccnc(C(C)(F)F)c6)ccc5C)cc4N4CCOC[C@@H]34)OC[C@@H]1[C@@H](CO)C2. The number of nitrogens with one attached hydrogen (secondary N) is 2. The zero-order valence-electron chi connectivity index (χ0n) is 40.2. The Morgan fingerprint density at radius 3 is 1.78 bits per heavy atom. The fraction of sp³-hybridized carbons (Fsp3) is 0.370. The minimum absolute atomic E-state index is 0.000369. The van der Waals surface area contributed by atoms with E-state index in [1.807, 2.05) is 44.3 Å². The number of aromatic nitrogens is 4. The van der Waals surface area contributed by atoms with Crippen LogP contribution in [-0.4, -0.2) is 101 Å². The Balaban J connectivity index is 0.839. The maximum absolute atomic E-state index is 14.0. The standard InChI is InChI=1S/C54H54F4N8O6/c1-30-5-7-38(63-51(68)32-9-11-59-48(19-32)53(3,55)56)21-40(30)34-17-44-43(62-23-34)16-37(46-28-70-14-13-65(44)46)27-71-50-25-66-45-18-35(24-61-42(45)15-36(26-67)47(66)29-72-50)41-22-39(8-6-31(41)2)64-52(69)33-10-12-60-49(20-33)54(4,57)58/h5-12,17-24,36-37,46-47,50,67H,13-16,25-29H2,1-4H3,(H,63,68)(H,64,69)/t36-,37+,46+,47-,50?/m1/s1. The summed E-state index contributed by atoms with van der Waals surface area (Å²) in [7, 11) is 0. The quantitative estimate of drug-likeness (QED) is 0.100. The molecule has 2 fully saturated rings. The second kappa shape index (κ2) is 19.6. The fourth-order valence-electron chi connectivity index (χ4n) is 10.2. The van der Waals surface area contributed by atoms with Crippen LogP contribution in [0.25, 0.3) is 22.3 Å². The number of carbonyl (C=O) groups excluding carboxylic acids is 2. The number of aryl methyl sites for hydroxylation is 2. The van der Waals surface area contributed by atoms with Crippen LogP contribution in [0.15, 0.2) is 97.6 Å². The van der Waals surface area contributed by atoms with E-state index in [1.165, 1.54) is 24.5 Å². The van der Waals surface area contributed by atoms with Gasteiger partial charge in [0.15, 0.2) is 6.29 Å². The first-order valence-electron chi connectivity index (χ1n) is 24.0. The van der Waals surface area contributed by atoms with Crippen LogP contribution in [0, 0.1) is 25.7 Å². The van der Waals surface area contributed by atoms with E-state index in [9.17, 15) is 32.3 Å². The van der Waals surface area contributed by atoms with Crippen LogP contribution in [0.1, 0.15) is 68.5 Å². The number of amides is 2. The minimum atomic E-state index is -3.20. The molecule has 0 saturated carbocycles. The Bertz CT molecular complexity index is 3040. The number of hydrogen-bond acceptors (Lipinski definition) is 12. The van der Waals surface area contributed by atoms with Crippen LogP contribution in [0.5, 0.6) is 0 Å². The maximum atomic E-state index is 14.0. The van der Waals surface area contributed by atoms with Crippen LogP contribution in [0.4, 0.5) is 40.3 Å². The largest absolute Gasteiger partial charge is 0.396 e. The van der Waals surface area contributed by atoms with Gasteiger partial charge in [0.05, 0.1) is 67.8 Å². The third-order valence-electron chi connectivity index (χ3n) is 14.2. The fourth-order valence-corrected chi connectivity index (χ4v) is 10.2. The average molecular weight is 987 g/mol. The van der Waals surface area contributed by atoms with Gasteiger partial charge >= 0.3 is 0 Å². The first-order chi connectivity index (χ1) is 34.5. The number of morpholine rings is 2. The highest BCUT2D eigenvalue weighted by Gasteiger charge is 2.42. The molecule has 3 N–H and O–H groups in total. The molecule has 18 heteroatoms. The number of nitrogens with zero attached hydrogens (tertiary/aromatic N) is 6. The second-order valence-corrected chi connectivity index (χ2v) is 19.2. The summed E-state index contributed by atoms with van der Waals surface area (Å²) >= 11 is 0. The van der Waals surface area contributed by atoms with Crippen molar-refractivity contribution in [2.24, 2.45) is 11.8 Å². The molecule has 0 spiro atoms. The molecule has 0 radical (unpaired) electrons. The number of ether oxygens (including phenoxy) is 3. The number of halogens is 4. The molecule has 2 amide bonds. The Hall–Kier alpha value is -6.86. The minimum Gasteiger partial charge on any atom is -0.396 e. The molecule has 2 saturated heterocycles. The lowest BCUT2D eigenvalue weighted by atomic mass is 9.87. The van der Waals surface area contributed by atoms with Gasteiger partial charge in [-0.2, -0.15) is 17.6 Å². The van der Waals surface area contributed by atoms with Crippen LogP contribution in [0.3, 0.4) is 0 Å². The zero-order chi connectivity index (χ0) is 50.5. The van der Waals surface area contributed by atoms with Crippen molar-refractivity contribution in [3.05, 3.63) is 143 Å². The lowest BCUT2D eigenvalue weighted by molar-refractivity contribution is -0.169. The number of fused-ring (bicyclic) bond motifs is 6. The van der Waals surface area contributed by atoms with E-state index in [1.54, 1.807) is 18.3 Å². The predicted molar refractivity (Wildman–Crippen MR) is 263 cm³/mol. The lowest BCUT2D eigenvalue weighted by Gasteiger charge is -2.48. The summed E-state index contributed by atoms with van der Waals surface area (Å²) in [4.78, 5) is 48.4. The molecule has 4 aromatic heterocycles. The van der Waals surface area contributed by atoms with Crippen LogP contribution in [0.2, 0.25) is 0 Å². The molecule has 374 valence electrons. The Morgan fingerprint density at radius 2 is 1.24 bits per heavy atom. The molecule has 14 nitrogen and oxygen atoms in total. The molecule has 5 atom stereocenters. The number of aliphatic hydroxyl groups excluding tert-OH is 1. The van der Waals surface area contributed by atoms with Crippen molar-refractivity contribution in [1.29, 1.82) is 0 Å². The topological polar surface area (TPSA) is 164 Å². The average Bonchev–Trinajstić information content (AvgIpc) is 3.38. The van der Waals surface area contributed by atoms with Crippen LogP contribution < -0.4 is 20.4 Å². The molecule has 2 aromatic carbocycles. The number of carbonyl (C=O) groups is 2. The number of pyridine rings is 4. The number of aliphatic hydroxyl groups is 1. The van der Waals surface area contributed by atoms with Gasteiger partial charge in [-0.15, -0.1) is 0 Å². The molecular formula is C54H54F4N8O6. The maximum Gasteiger partial charge on any atom is 0.286 e. The highest BCUT2D eigenvalue weighted by atomic mass is 19.3.